The van der Waals surface area contributed by atoms with Crippen LogP contribution in [0.4, 0.5) is 0 Å². The van der Waals surface area contributed by atoms with Crippen molar-refractivity contribution in [1.82, 2.24) is 19.8 Å². The predicted molar refractivity (Wildman–Crippen MR) is 72.6 cm³/mol. The second-order valence-corrected chi connectivity index (χ2v) is 5.77. The average molecular weight is 276 g/mol. The molecule has 0 aromatic carbocycles. The highest BCUT2D eigenvalue weighted by molar-refractivity contribution is 5.93. The van der Waals surface area contributed by atoms with Crippen molar-refractivity contribution in [1.29, 1.82) is 0 Å². The number of aromatic nitrogens is 2. The van der Waals surface area contributed by atoms with Gasteiger partial charge in [0.1, 0.15) is 11.4 Å². The van der Waals surface area contributed by atoms with E-state index >= 15 is 0 Å². The highest BCUT2D eigenvalue weighted by Crippen LogP contribution is 2.33. The molecule has 1 spiro atoms. The molecule has 0 unspecified atom stereocenters. The zero-order valence-corrected chi connectivity index (χ0v) is 11.8. The van der Waals surface area contributed by atoms with Crippen molar-refractivity contribution in [3.63, 3.8) is 0 Å². The normalized spacial score (nSPS) is 22.1. The van der Waals surface area contributed by atoms with Crippen LogP contribution in [0.1, 0.15) is 37.9 Å². The summed E-state index contributed by atoms with van der Waals surface area (Å²) in [5, 5.41) is 2.97. The van der Waals surface area contributed by atoms with E-state index in [0.29, 0.717) is 19.5 Å². The second-order valence-electron chi connectivity index (χ2n) is 5.77. The largest absolute Gasteiger partial charge is 0.342 e. The summed E-state index contributed by atoms with van der Waals surface area (Å²) < 4.78 is 1.91. The molecule has 1 aliphatic carbocycles. The third kappa shape index (κ3) is 2.19. The van der Waals surface area contributed by atoms with Crippen LogP contribution in [0, 0.1) is 0 Å². The Balaban J connectivity index is 1.84. The van der Waals surface area contributed by atoms with Crippen LogP contribution < -0.4 is 5.32 Å². The lowest BCUT2D eigenvalue weighted by Gasteiger charge is -2.31. The quantitative estimate of drug-likeness (QED) is 0.859. The van der Waals surface area contributed by atoms with Crippen molar-refractivity contribution >= 4 is 11.8 Å². The molecule has 6 nitrogen and oxygen atoms in total. The first-order valence-electron chi connectivity index (χ1n) is 7.17. The summed E-state index contributed by atoms with van der Waals surface area (Å²) in [6.07, 6.45) is 7.49. The van der Waals surface area contributed by atoms with Gasteiger partial charge in [-0.2, -0.15) is 0 Å². The van der Waals surface area contributed by atoms with Gasteiger partial charge >= 0.3 is 0 Å². The van der Waals surface area contributed by atoms with Crippen molar-refractivity contribution in [2.24, 2.45) is 7.05 Å². The van der Waals surface area contributed by atoms with Crippen molar-refractivity contribution in [3.8, 4) is 0 Å². The first kappa shape index (κ1) is 13.1. The fraction of sp³-hybridized carbons (Fsp3) is 0.643. The molecule has 0 radical (unpaired) electrons. The fourth-order valence-corrected chi connectivity index (χ4v) is 3.21. The van der Waals surface area contributed by atoms with E-state index < -0.39 is 5.54 Å². The molecular weight excluding hydrogens is 256 g/mol. The monoisotopic (exact) mass is 276 g/mol. The summed E-state index contributed by atoms with van der Waals surface area (Å²) in [6, 6.07) is 0. The molecule has 1 saturated carbocycles. The van der Waals surface area contributed by atoms with Crippen LogP contribution in [0.2, 0.25) is 0 Å². The molecule has 1 aromatic rings. The highest BCUT2D eigenvalue weighted by Gasteiger charge is 2.46. The van der Waals surface area contributed by atoms with Crippen LogP contribution in [-0.4, -0.2) is 38.3 Å². The third-order valence-electron chi connectivity index (χ3n) is 4.39. The number of rotatable bonds is 2. The van der Waals surface area contributed by atoms with Crippen molar-refractivity contribution in [3.05, 3.63) is 18.2 Å². The first-order chi connectivity index (χ1) is 9.61. The van der Waals surface area contributed by atoms with Gasteiger partial charge in [-0.1, -0.05) is 12.8 Å². The van der Waals surface area contributed by atoms with Gasteiger partial charge in [0.05, 0.1) is 6.54 Å². The predicted octanol–water partition coefficient (Wildman–Crippen LogP) is 0.581. The second kappa shape index (κ2) is 4.92. The first-order valence-corrected chi connectivity index (χ1v) is 7.17. The van der Waals surface area contributed by atoms with E-state index in [1.165, 1.54) is 0 Å². The topological polar surface area (TPSA) is 67.2 Å². The van der Waals surface area contributed by atoms with E-state index in [9.17, 15) is 9.59 Å². The molecule has 108 valence electrons. The van der Waals surface area contributed by atoms with E-state index in [1.54, 1.807) is 11.1 Å². The molecule has 3 rings (SSSR count). The summed E-state index contributed by atoms with van der Waals surface area (Å²) in [6.45, 7) is 0.943. The fourth-order valence-electron chi connectivity index (χ4n) is 3.21. The number of carbonyl (C=O) groups excluding carboxylic acids is 2. The lowest BCUT2D eigenvalue weighted by molar-refractivity contribution is -0.139. The molecule has 1 aliphatic heterocycles. The van der Waals surface area contributed by atoms with Gasteiger partial charge in [0.15, 0.2) is 0 Å². The lowest BCUT2D eigenvalue weighted by atomic mass is 9.96. The van der Waals surface area contributed by atoms with Crippen molar-refractivity contribution in [2.75, 3.05) is 6.54 Å². The average Bonchev–Trinajstić information content (AvgIpc) is 3.01. The number of imidazole rings is 1. The number of hydrogen-bond donors (Lipinski definition) is 1. The maximum absolute atomic E-state index is 12.8. The molecular formula is C14H20N4O2. The Morgan fingerprint density at radius 1 is 1.35 bits per heavy atom. The van der Waals surface area contributed by atoms with E-state index in [0.717, 1.165) is 31.5 Å². The molecule has 1 N–H and O–H groups in total. The number of hydrogen-bond acceptors (Lipinski definition) is 3. The van der Waals surface area contributed by atoms with Crippen LogP contribution in [0.5, 0.6) is 0 Å². The van der Waals surface area contributed by atoms with Gasteiger partial charge in [0, 0.05) is 32.4 Å². The van der Waals surface area contributed by atoms with Gasteiger partial charge < -0.3 is 14.8 Å². The summed E-state index contributed by atoms with van der Waals surface area (Å²) in [4.78, 5) is 30.8. The summed E-state index contributed by atoms with van der Waals surface area (Å²) in [5.41, 5.74) is -0.654. The van der Waals surface area contributed by atoms with Gasteiger partial charge in [0.25, 0.3) is 0 Å². The highest BCUT2D eigenvalue weighted by atomic mass is 16.2. The van der Waals surface area contributed by atoms with Crippen LogP contribution in [0.15, 0.2) is 12.4 Å². The maximum atomic E-state index is 12.8. The molecule has 1 saturated heterocycles. The molecule has 20 heavy (non-hydrogen) atoms. The molecule has 2 fully saturated rings. The molecule has 0 atom stereocenters. The Hall–Kier alpha value is -1.85. The Morgan fingerprint density at radius 2 is 2.10 bits per heavy atom. The van der Waals surface area contributed by atoms with Crippen LogP contribution in [0.25, 0.3) is 0 Å². The number of nitrogens with one attached hydrogen (secondary N) is 1. The molecule has 2 aliphatic rings. The van der Waals surface area contributed by atoms with Crippen molar-refractivity contribution in [2.45, 2.75) is 44.2 Å². The van der Waals surface area contributed by atoms with E-state index in [1.807, 2.05) is 17.8 Å². The zero-order valence-electron chi connectivity index (χ0n) is 11.8. The van der Waals surface area contributed by atoms with Gasteiger partial charge in [-0.05, 0) is 12.8 Å². The smallest absolute Gasteiger partial charge is 0.248 e. The molecule has 1 aromatic heterocycles. The minimum atomic E-state index is -0.654. The number of amides is 2. The Morgan fingerprint density at radius 3 is 2.75 bits per heavy atom. The standard InChI is InChI=1S/C14H20N4O2/c1-17-9-7-15-11(17)10-18-8-4-12(19)16-14(13(18)20)5-2-3-6-14/h7,9H,2-6,8,10H2,1H3,(H,16,19). The zero-order chi connectivity index (χ0) is 14.2. The Labute approximate surface area is 118 Å². The maximum Gasteiger partial charge on any atom is 0.248 e. The van der Waals surface area contributed by atoms with Crippen molar-refractivity contribution < 1.29 is 9.59 Å². The Kier molecular flexibility index (Phi) is 3.23. The molecule has 2 heterocycles. The molecule has 0 bridgehead atoms. The molecule has 6 heteroatoms. The minimum absolute atomic E-state index is 0.0115. The van der Waals surface area contributed by atoms with E-state index in [-0.39, 0.29) is 11.8 Å². The minimum Gasteiger partial charge on any atom is -0.342 e. The number of carbonyl (C=O) groups is 2. The van der Waals surface area contributed by atoms with Crippen LogP contribution >= 0.6 is 0 Å². The number of nitrogens with zero attached hydrogens (tertiary/aromatic N) is 3. The van der Waals surface area contributed by atoms with E-state index in [4.69, 9.17) is 0 Å². The van der Waals surface area contributed by atoms with Crippen LogP contribution in [-0.2, 0) is 23.2 Å². The van der Waals surface area contributed by atoms with Gasteiger partial charge in [0.2, 0.25) is 11.8 Å². The summed E-state index contributed by atoms with van der Waals surface area (Å²) >= 11 is 0. The van der Waals surface area contributed by atoms with Crippen LogP contribution in [0.3, 0.4) is 0 Å². The SMILES string of the molecule is Cn1ccnc1CN1CCC(=O)NC2(CCCC2)C1=O. The van der Waals surface area contributed by atoms with Gasteiger partial charge in [-0.25, -0.2) is 4.98 Å². The third-order valence-corrected chi connectivity index (χ3v) is 4.39. The molecule has 2 amide bonds. The lowest BCUT2D eigenvalue weighted by Crippen LogP contribution is -2.55. The van der Waals surface area contributed by atoms with Gasteiger partial charge in [-0.3, -0.25) is 9.59 Å². The Bertz CT molecular complexity index is 531. The van der Waals surface area contributed by atoms with Gasteiger partial charge in [-0.15, -0.1) is 0 Å². The summed E-state index contributed by atoms with van der Waals surface area (Å²) in [5.74, 6) is 0.896. The van der Waals surface area contributed by atoms with E-state index in [2.05, 4.69) is 10.3 Å². The number of aryl methyl sites for hydroxylation is 1. The summed E-state index contributed by atoms with van der Waals surface area (Å²) in [7, 11) is 1.92.